The van der Waals surface area contributed by atoms with E-state index < -0.39 is 32.3 Å². The minimum atomic E-state index is -5.00. The minimum absolute atomic E-state index is 0. The normalized spacial score (nSPS) is 12.5. The van der Waals surface area contributed by atoms with Crippen LogP contribution >= 0.6 is 0 Å². The zero-order chi connectivity index (χ0) is 22.5. The molecule has 158 valence electrons. The first-order valence-corrected chi connectivity index (χ1v) is 10.7. The average Bonchev–Trinajstić information content (AvgIpc) is 2.72. The number of fused-ring (bicyclic) bond motifs is 2. The number of carbonyl (C=O) groups excluding carboxylic acids is 2. The van der Waals surface area contributed by atoms with Crippen LogP contribution in [0.25, 0.3) is 0 Å². The van der Waals surface area contributed by atoms with Crippen LogP contribution in [0, 0.1) is 0 Å². The molecule has 0 spiro atoms. The van der Waals surface area contributed by atoms with Crippen LogP contribution in [0.2, 0.25) is 0 Å². The third kappa shape index (κ3) is 4.05. The number of benzene rings is 3. The van der Waals surface area contributed by atoms with Gasteiger partial charge in [0.25, 0.3) is 0 Å². The predicted octanol–water partition coefficient (Wildman–Crippen LogP) is -0.238. The fraction of sp³-hybridized carbons (Fsp3) is 0.0909. The molecule has 10 heteroatoms. The Kier molecular flexibility index (Phi) is 6.50. The summed E-state index contributed by atoms with van der Waals surface area (Å²) in [4.78, 5) is 27.5. The van der Waals surface area contributed by atoms with Crippen molar-refractivity contribution in [1.29, 1.82) is 0 Å². The summed E-state index contributed by atoms with van der Waals surface area (Å²) < 4.78 is 35.5. The molecule has 8 nitrogen and oxygen atoms in total. The summed E-state index contributed by atoms with van der Waals surface area (Å²) in [5, 5.41) is 2.97. The maximum absolute atomic E-state index is 13.2. The van der Waals surface area contributed by atoms with Crippen LogP contribution in [0.4, 0.5) is 22.7 Å². The minimum Gasteiger partial charge on any atom is -0.744 e. The molecule has 0 radical (unpaired) electrons. The summed E-state index contributed by atoms with van der Waals surface area (Å²) in [7, 11) is -1.24. The molecule has 4 rings (SSSR count). The molecular weight excluding hydrogens is 441 g/mol. The maximum atomic E-state index is 13.2. The van der Waals surface area contributed by atoms with Gasteiger partial charge in [0.05, 0.1) is 27.4 Å². The van der Waals surface area contributed by atoms with Crippen molar-refractivity contribution in [3.63, 3.8) is 0 Å². The Bertz CT molecular complexity index is 1350. The second-order valence-electron chi connectivity index (χ2n) is 7.31. The summed E-state index contributed by atoms with van der Waals surface area (Å²) in [6, 6.07) is 14.3. The van der Waals surface area contributed by atoms with E-state index in [1.54, 1.807) is 24.3 Å². The zero-order valence-electron chi connectivity index (χ0n) is 17.7. The van der Waals surface area contributed by atoms with Crippen LogP contribution in [0.5, 0.6) is 0 Å². The first kappa shape index (κ1) is 24.0. The van der Waals surface area contributed by atoms with Gasteiger partial charge >= 0.3 is 29.6 Å². The Morgan fingerprint density at radius 1 is 0.906 bits per heavy atom. The van der Waals surface area contributed by atoms with E-state index >= 15 is 0 Å². The molecule has 3 aromatic carbocycles. The summed E-state index contributed by atoms with van der Waals surface area (Å²) in [5.74, 6) is -1.10. The Morgan fingerprint density at radius 3 is 1.94 bits per heavy atom. The van der Waals surface area contributed by atoms with E-state index in [2.05, 4.69) is 5.32 Å². The van der Waals surface area contributed by atoms with Crippen molar-refractivity contribution in [3.05, 3.63) is 76.9 Å². The second kappa shape index (κ2) is 8.68. The topological polar surface area (TPSA) is 133 Å². The summed E-state index contributed by atoms with van der Waals surface area (Å²) in [6.07, 6.45) is 0. The number of nitrogens with one attached hydrogen (secondary N) is 1. The molecule has 3 N–H and O–H groups in total. The molecule has 0 atom stereocenters. The van der Waals surface area contributed by atoms with Crippen molar-refractivity contribution in [2.75, 3.05) is 30.0 Å². The molecule has 0 saturated carbocycles. The van der Waals surface area contributed by atoms with Gasteiger partial charge in [-0.3, -0.25) is 9.59 Å². The third-order valence-corrected chi connectivity index (χ3v) is 6.01. The van der Waals surface area contributed by atoms with Gasteiger partial charge < -0.3 is 20.5 Å². The van der Waals surface area contributed by atoms with Crippen LogP contribution in [-0.4, -0.2) is 38.6 Å². The van der Waals surface area contributed by atoms with Gasteiger partial charge in [-0.1, -0.05) is 24.3 Å². The van der Waals surface area contributed by atoms with Gasteiger partial charge in [0.1, 0.15) is 10.1 Å². The van der Waals surface area contributed by atoms with Crippen LogP contribution in [-0.2, 0) is 10.1 Å². The number of nitrogens with zero attached hydrogens (tertiary/aromatic N) is 1. The number of carbonyl (C=O) groups is 2. The Labute approximate surface area is 207 Å². The molecule has 1 aliphatic carbocycles. The number of ketones is 2. The van der Waals surface area contributed by atoms with E-state index in [1.807, 2.05) is 31.1 Å². The molecular formula is C22H18N3NaO5S. The van der Waals surface area contributed by atoms with E-state index in [4.69, 9.17) is 5.73 Å². The van der Waals surface area contributed by atoms with Gasteiger partial charge in [0.2, 0.25) is 0 Å². The first-order valence-electron chi connectivity index (χ1n) is 9.25. The number of anilines is 4. The quantitative estimate of drug-likeness (QED) is 0.243. The van der Waals surface area contributed by atoms with Gasteiger partial charge in [-0.05, 0) is 30.3 Å². The smallest absolute Gasteiger partial charge is 0.744 e. The fourth-order valence-corrected chi connectivity index (χ4v) is 4.23. The standard InChI is InChI=1S/C22H19N3O5S.Na/c1-25(2)13-9-7-12(8-10-13)24-16-11-17(31(28,29)30)20(23)19-18(16)21(26)14-5-3-4-6-15(14)22(19)27;/h3-11,24H,23H2,1-2H3,(H,28,29,30);/q;+1/p-1. The molecule has 0 heterocycles. The van der Waals surface area contributed by atoms with Gasteiger partial charge in [-0.25, -0.2) is 8.42 Å². The molecule has 0 fully saturated rings. The van der Waals surface area contributed by atoms with Gasteiger partial charge in [-0.2, -0.15) is 0 Å². The maximum Gasteiger partial charge on any atom is 1.00 e. The molecule has 0 unspecified atom stereocenters. The number of hydrogen-bond donors (Lipinski definition) is 2. The van der Waals surface area contributed by atoms with Gasteiger partial charge in [-0.15, -0.1) is 0 Å². The average molecular weight is 459 g/mol. The summed E-state index contributed by atoms with van der Waals surface area (Å²) in [5.41, 5.74) is 6.82. The Balaban J connectivity index is 0.00000289. The number of rotatable bonds is 4. The second-order valence-corrected chi connectivity index (χ2v) is 8.66. The number of hydrogen-bond acceptors (Lipinski definition) is 8. The van der Waals surface area contributed by atoms with Crippen molar-refractivity contribution in [2.45, 2.75) is 4.90 Å². The molecule has 3 aromatic rings. The van der Waals surface area contributed by atoms with Gasteiger partial charge in [0.15, 0.2) is 11.6 Å². The monoisotopic (exact) mass is 459 g/mol. The van der Waals surface area contributed by atoms with E-state index in [0.29, 0.717) is 5.69 Å². The number of nitrogens with two attached hydrogens (primary N) is 1. The van der Waals surface area contributed by atoms with E-state index in [9.17, 15) is 22.6 Å². The van der Waals surface area contributed by atoms with Crippen molar-refractivity contribution < 1.29 is 52.1 Å². The van der Waals surface area contributed by atoms with Crippen molar-refractivity contribution in [1.82, 2.24) is 0 Å². The summed E-state index contributed by atoms with van der Waals surface area (Å²) in [6.45, 7) is 0. The molecule has 0 aliphatic heterocycles. The molecule has 0 bridgehead atoms. The Morgan fingerprint density at radius 2 is 1.44 bits per heavy atom. The summed E-state index contributed by atoms with van der Waals surface area (Å²) >= 11 is 0. The van der Waals surface area contributed by atoms with Gasteiger partial charge in [0, 0.05) is 36.6 Å². The van der Waals surface area contributed by atoms with E-state index in [0.717, 1.165) is 11.8 Å². The SMILES string of the molecule is CN(C)c1ccc(Nc2cc(S(=O)(=O)[O-])c(N)c3c2C(=O)c2ccccc2C3=O)cc1.[Na+]. The fourth-order valence-electron chi connectivity index (χ4n) is 3.60. The molecule has 32 heavy (non-hydrogen) atoms. The molecule has 1 aliphatic rings. The van der Waals surface area contributed by atoms with Crippen LogP contribution in [0.15, 0.2) is 59.5 Å². The number of nitrogen functional groups attached to an aromatic ring is 1. The zero-order valence-corrected chi connectivity index (χ0v) is 20.5. The van der Waals surface area contributed by atoms with Crippen molar-refractivity contribution in [2.24, 2.45) is 0 Å². The Hall–Kier alpha value is -2.69. The largest absolute Gasteiger partial charge is 1.00 e. The first-order chi connectivity index (χ1) is 14.6. The predicted molar refractivity (Wildman–Crippen MR) is 116 cm³/mol. The van der Waals surface area contributed by atoms with Crippen LogP contribution in [0.3, 0.4) is 0 Å². The third-order valence-electron chi connectivity index (χ3n) is 5.13. The molecule has 0 aromatic heterocycles. The van der Waals surface area contributed by atoms with Crippen molar-refractivity contribution >= 4 is 44.4 Å². The van der Waals surface area contributed by atoms with Crippen LogP contribution < -0.4 is 45.5 Å². The van der Waals surface area contributed by atoms with Crippen molar-refractivity contribution in [3.8, 4) is 0 Å². The molecule has 0 amide bonds. The van der Waals surface area contributed by atoms with Crippen LogP contribution in [0.1, 0.15) is 31.8 Å². The molecule has 0 saturated heterocycles. The van der Waals surface area contributed by atoms with E-state index in [1.165, 1.54) is 12.1 Å². The van der Waals surface area contributed by atoms with E-state index in [-0.39, 0.29) is 57.5 Å².